The van der Waals surface area contributed by atoms with Crippen molar-refractivity contribution < 1.29 is 23.9 Å². The molecule has 2 rings (SSSR count). The van der Waals surface area contributed by atoms with E-state index < -0.39 is 17.9 Å². The summed E-state index contributed by atoms with van der Waals surface area (Å²) in [5, 5.41) is 6.71. The molecule has 0 aliphatic rings. The number of nitrogens with zero attached hydrogens (tertiary/aromatic N) is 1. The third-order valence-electron chi connectivity index (χ3n) is 4.19. The zero-order chi connectivity index (χ0) is 22.8. The molecule has 0 bridgehead atoms. The predicted octanol–water partition coefficient (Wildman–Crippen LogP) is 2.91. The van der Waals surface area contributed by atoms with Gasteiger partial charge in [0.2, 0.25) is 0 Å². The van der Waals surface area contributed by atoms with Crippen molar-refractivity contribution in [3.05, 3.63) is 64.1 Å². The molecule has 0 aliphatic heterocycles. The molecule has 0 fully saturated rings. The van der Waals surface area contributed by atoms with Gasteiger partial charge in [0.1, 0.15) is 11.8 Å². The largest absolute Gasteiger partial charge is 0.481 e. The van der Waals surface area contributed by atoms with E-state index in [9.17, 15) is 14.4 Å². The summed E-state index contributed by atoms with van der Waals surface area (Å²) < 4.78 is 10.5. The van der Waals surface area contributed by atoms with Crippen LogP contribution in [0.4, 0.5) is 0 Å². The zero-order valence-corrected chi connectivity index (χ0v) is 19.0. The Morgan fingerprint density at radius 1 is 1.13 bits per heavy atom. The van der Waals surface area contributed by atoms with Crippen molar-refractivity contribution in [1.29, 1.82) is 0 Å². The van der Waals surface area contributed by atoms with Gasteiger partial charge in [-0.15, -0.1) is 0 Å². The number of methoxy groups -OCH3 is 1. The maximum Gasteiger partial charge on any atom is 0.343 e. The van der Waals surface area contributed by atoms with E-state index in [0.717, 1.165) is 0 Å². The number of nitrogens with one attached hydrogen (secondary N) is 2. The van der Waals surface area contributed by atoms with Gasteiger partial charge in [0.25, 0.3) is 11.8 Å². The van der Waals surface area contributed by atoms with E-state index in [1.54, 1.807) is 42.5 Å². The Morgan fingerprint density at radius 3 is 2.45 bits per heavy atom. The number of hydrazone groups is 1. The second-order valence-electron chi connectivity index (χ2n) is 6.85. The first-order valence-corrected chi connectivity index (χ1v) is 10.3. The summed E-state index contributed by atoms with van der Waals surface area (Å²) >= 11 is 3.36. The molecule has 2 aromatic rings. The van der Waals surface area contributed by atoms with E-state index >= 15 is 0 Å². The summed E-state index contributed by atoms with van der Waals surface area (Å²) in [6.45, 7) is 3.47. The van der Waals surface area contributed by atoms with Gasteiger partial charge in [0, 0.05) is 5.56 Å². The summed E-state index contributed by atoms with van der Waals surface area (Å²) in [5.74, 6) is -0.907. The molecule has 0 saturated carbocycles. The van der Waals surface area contributed by atoms with Crippen LogP contribution in [0, 0.1) is 5.92 Å². The lowest BCUT2D eigenvalue weighted by molar-refractivity contribution is -0.142. The van der Waals surface area contributed by atoms with Gasteiger partial charge < -0.3 is 14.8 Å². The Bertz CT molecular complexity index is 947. The molecular formula is C22H24BrN3O5. The number of ether oxygens (including phenoxy) is 2. The molecule has 0 heterocycles. The van der Waals surface area contributed by atoms with Gasteiger partial charge in [-0.3, -0.25) is 9.59 Å². The van der Waals surface area contributed by atoms with Gasteiger partial charge in [-0.25, -0.2) is 10.2 Å². The van der Waals surface area contributed by atoms with Gasteiger partial charge in [-0.2, -0.15) is 5.10 Å². The van der Waals surface area contributed by atoms with Crippen molar-refractivity contribution in [2.75, 3.05) is 13.7 Å². The highest BCUT2D eigenvalue weighted by Crippen LogP contribution is 2.25. The Hall–Kier alpha value is -3.20. The number of esters is 1. The van der Waals surface area contributed by atoms with Crippen molar-refractivity contribution in [2.24, 2.45) is 11.0 Å². The average molecular weight is 490 g/mol. The molecule has 9 heteroatoms. The lowest BCUT2D eigenvalue weighted by atomic mass is 10.0. The number of hydrogen-bond donors (Lipinski definition) is 2. The van der Waals surface area contributed by atoms with Crippen LogP contribution in [-0.2, 0) is 14.3 Å². The van der Waals surface area contributed by atoms with Gasteiger partial charge in [-0.1, -0.05) is 32.0 Å². The Balaban J connectivity index is 1.96. The maximum atomic E-state index is 12.5. The summed E-state index contributed by atoms with van der Waals surface area (Å²) in [6.07, 6.45) is 1.46. The van der Waals surface area contributed by atoms with Crippen molar-refractivity contribution in [3.63, 3.8) is 0 Å². The van der Waals surface area contributed by atoms with Crippen molar-refractivity contribution in [1.82, 2.24) is 10.7 Å². The molecule has 0 radical (unpaired) electrons. The summed E-state index contributed by atoms with van der Waals surface area (Å²) in [7, 11) is 1.28. The second kappa shape index (κ2) is 11.8. The Kier molecular flexibility index (Phi) is 9.20. The molecule has 2 aromatic carbocycles. The van der Waals surface area contributed by atoms with E-state index in [1.807, 2.05) is 19.9 Å². The first-order valence-electron chi connectivity index (χ1n) is 9.49. The zero-order valence-electron chi connectivity index (χ0n) is 17.4. The molecular weight excluding hydrogens is 466 g/mol. The molecule has 8 nitrogen and oxygen atoms in total. The van der Waals surface area contributed by atoms with E-state index in [4.69, 9.17) is 4.74 Å². The van der Waals surface area contributed by atoms with Crippen LogP contribution in [0.2, 0.25) is 0 Å². The first kappa shape index (κ1) is 24.1. The molecule has 0 aliphatic carbocycles. The Labute approximate surface area is 189 Å². The number of hydrogen-bond acceptors (Lipinski definition) is 6. The quantitative estimate of drug-likeness (QED) is 0.320. The normalized spacial score (nSPS) is 11.8. The second-order valence-corrected chi connectivity index (χ2v) is 7.70. The maximum absolute atomic E-state index is 12.5. The number of rotatable bonds is 9. The van der Waals surface area contributed by atoms with E-state index in [2.05, 4.69) is 36.5 Å². The molecule has 2 amide bonds. The fourth-order valence-electron chi connectivity index (χ4n) is 2.50. The minimum absolute atomic E-state index is 0.136. The van der Waals surface area contributed by atoms with Gasteiger partial charge in [-0.05, 0) is 57.7 Å². The van der Waals surface area contributed by atoms with E-state index in [0.29, 0.717) is 21.3 Å². The lowest BCUT2D eigenvalue weighted by Gasteiger charge is -2.20. The highest BCUT2D eigenvalue weighted by Gasteiger charge is 2.24. The minimum Gasteiger partial charge on any atom is -0.481 e. The van der Waals surface area contributed by atoms with E-state index in [1.165, 1.54) is 13.3 Å². The minimum atomic E-state index is -0.745. The monoisotopic (exact) mass is 489 g/mol. The number of amides is 2. The highest BCUT2D eigenvalue weighted by molar-refractivity contribution is 9.10. The molecule has 1 atom stereocenters. The molecule has 1 unspecified atom stereocenters. The third-order valence-corrected chi connectivity index (χ3v) is 4.81. The molecule has 0 saturated heterocycles. The standard InChI is InChI=1S/C22H24BrN3O5/c1-14(2)20(25-21(28)16-7-5-4-6-8-16)22(29)26-24-12-15-9-10-18(17(23)11-15)31-13-19(27)30-3/h4-12,14,20H,13H2,1-3H3,(H,25,28)(H,26,29)/b24-12+. The van der Waals surface area contributed by atoms with E-state index in [-0.39, 0.29) is 18.4 Å². The smallest absolute Gasteiger partial charge is 0.343 e. The van der Waals surface area contributed by atoms with Gasteiger partial charge >= 0.3 is 5.97 Å². The van der Waals surface area contributed by atoms with Crippen LogP contribution in [0.15, 0.2) is 58.1 Å². The van der Waals surface area contributed by atoms with Gasteiger partial charge in [0.05, 0.1) is 17.8 Å². The SMILES string of the molecule is COC(=O)COc1ccc(/C=N/NC(=O)C(NC(=O)c2ccccc2)C(C)C)cc1Br. The molecule has 2 N–H and O–H groups in total. The molecule has 164 valence electrons. The summed E-state index contributed by atoms with van der Waals surface area (Å²) in [5.41, 5.74) is 3.62. The number of halogens is 1. The van der Waals surface area contributed by atoms with Crippen LogP contribution in [0.1, 0.15) is 29.8 Å². The Morgan fingerprint density at radius 2 is 1.84 bits per heavy atom. The summed E-state index contributed by atoms with van der Waals surface area (Å²) in [6, 6.07) is 13.0. The van der Waals surface area contributed by atoms with Crippen molar-refractivity contribution >= 4 is 39.9 Å². The van der Waals surface area contributed by atoms with Crippen LogP contribution >= 0.6 is 15.9 Å². The van der Waals surface area contributed by atoms with Crippen molar-refractivity contribution in [2.45, 2.75) is 19.9 Å². The van der Waals surface area contributed by atoms with Crippen LogP contribution in [-0.4, -0.2) is 43.8 Å². The first-order chi connectivity index (χ1) is 14.8. The number of carbonyl (C=O) groups excluding carboxylic acids is 3. The van der Waals surface area contributed by atoms with Crippen LogP contribution in [0.3, 0.4) is 0 Å². The lowest BCUT2D eigenvalue weighted by Crippen LogP contribution is -2.48. The van der Waals surface area contributed by atoms with Crippen molar-refractivity contribution in [3.8, 4) is 5.75 Å². The van der Waals surface area contributed by atoms with Crippen LogP contribution in [0.5, 0.6) is 5.75 Å². The molecule has 0 aromatic heterocycles. The number of carbonyl (C=O) groups is 3. The predicted molar refractivity (Wildman–Crippen MR) is 120 cm³/mol. The molecule has 0 spiro atoms. The fraction of sp³-hybridized carbons (Fsp3) is 0.273. The highest BCUT2D eigenvalue weighted by atomic mass is 79.9. The number of benzene rings is 2. The average Bonchev–Trinajstić information content (AvgIpc) is 2.76. The van der Waals surface area contributed by atoms with Gasteiger partial charge in [0.15, 0.2) is 6.61 Å². The van der Waals surface area contributed by atoms with Crippen LogP contribution < -0.4 is 15.5 Å². The summed E-state index contributed by atoms with van der Waals surface area (Å²) in [4.78, 5) is 36.1. The third kappa shape index (κ3) is 7.53. The fourth-order valence-corrected chi connectivity index (χ4v) is 3.01. The topological polar surface area (TPSA) is 106 Å². The van der Waals surface area contributed by atoms with Crippen LogP contribution in [0.25, 0.3) is 0 Å². The molecule has 31 heavy (non-hydrogen) atoms.